The molecule has 0 radical (unpaired) electrons. The van der Waals surface area contributed by atoms with Crippen molar-refractivity contribution in [2.75, 3.05) is 18.5 Å². The van der Waals surface area contributed by atoms with Crippen molar-refractivity contribution in [1.29, 1.82) is 0 Å². The van der Waals surface area contributed by atoms with Crippen molar-refractivity contribution in [2.24, 2.45) is 0 Å². The fourth-order valence-electron chi connectivity index (χ4n) is 3.22. The minimum atomic E-state index is -0.369. The molecule has 6 heteroatoms. The molecule has 2 unspecified atom stereocenters. The highest BCUT2D eigenvalue weighted by Crippen LogP contribution is 2.31. The minimum absolute atomic E-state index is 0.0669. The van der Waals surface area contributed by atoms with Crippen molar-refractivity contribution < 1.29 is 14.4 Å². The number of ether oxygens (including phenoxy) is 2. The molecule has 1 N–H and O–H groups in total. The summed E-state index contributed by atoms with van der Waals surface area (Å²) in [5.74, 6) is 0. The summed E-state index contributed by atoms with van der Waals surface area (Å²) < 4.78 is 11.8. The quantitative estimate of drug-likeness (QED) is 0.590. The molecule has 0 aliphatic carbocycles. The largest absolute Gasteiger partial charge is 0.381 e. The van der Waals surface area contributed by atoms with Crippen LogP contribution in [0.4, 0.5) is 11.4 Å². The van der Waals surface area contributed by atoms with E-state index in [-0.39, 0.29) is 28.9 Å². The number of nitro benzene ring substituents is 1. The van der Waals surface area contributed by atoms with Crippen LogP contribution in [-0.4, -0.2) is 30.3 Å². The summed E-state index contributed by atoms with van der Waals surface area (Å²) in [6.07, 6.45) is 1.64. The van der Waals surface area contributed by atoms with Gasteiger partial charge in [-0.1, -0.05) is 42.5 Å². The van der Waals surface area contributed by atoms with E-state index >= 15 is 0 Å². The van der Waals surface area contributed by atoms with Crippen LogP contribution in [-0.2, 0) is 9.47 Å². The number of para-hydroxylation sites is 2. The molecular formula is C20H24N2O4. The van der Waals surface area contributed by atoms with E-state index < -0.39 is 0 Å². The summed E-state index contributed by atoms with van der Waals surface area (Å²) in [6, 6.07) is 16.5. The molecule has 2 aromatic rings. The van der Waals surface area contributed by atoms with Crippen LogP contribution in [0.5, 0.6) is 0 Å². The molecule has 1 saturated heterocycles. The predicted molar refractivity (Wildman–Crippen MR) is 100 cm³/mol. The molecule has 0 spiro atoms. The zero-order valence-electron chi connectivity index (χ0n) is 14.8. The molecule has 0 saturated carbocycles. The van der Waals surface area contributed by atoms with E-state index in [0.717, 1.165) is 18.4 Å². The van der Waals surface area contributed by atoms with E-state index in [1.807, 2.05) is 37.3 Å². The van der Waals surface area contributed by atoms with Crippen LogP contribution in [0.2, 0.25) is 0 Å². The lowest BCUT2D eigenvalue weighted by Gasteiger charge is -2.32. The number of benzene rings is 2. The number of hydrogen-bond donors (Lipinski definition) is 1. The predicted octanol–water partition coefficient (Wildman–Crippen LogP) is 4.33. The Morgan fingerprint density at radius 2 is 1.77 bits per heavy atom. The highest BCUT2D eigenvalue weighted by atomic mass is 16.6. The Kier molecular flexibility index (Phi) is 6.20. The molecule has 3 rings (SSSR count). The van der Waals surface area contributed by atoms with Gasteiger partial charge in [-0.15, -0.1) is 0 Å². The molecular weight excluding hydrogens is 332 g/mol. The average molecular weight is 356 g/mol. The first-order chi connectivity index (χ1) is 12.6. The van der Waals surface area contributed by atoms with E-state index in [0.29, 0.717) is 18.9 Å². The first-order valence-electron chi connectivity index (χ1n) is 8.93. The van der Waals surface area contributed by atoms with Crippen molar-refractivity contribution in [3.05, 3.63) is 70.3 Å². The molecule has 0 aromatic heterocycles. The first-order valence-corrected chi connectivity index (χ1v) is 8.93. The second-order valence-corrected chi connectivity index (χ2v) is 6.49. The zero-order chi connectivity index (χ0) is 18.4. The summed E-state index contributed by atoms with van der Waals surface area (Å²) in [5, 5.41) is 14.6. The standard InChI is InChI=1S/C20H24N2O4/c1-15(21-18-9-5-6-10-19(18)22(23)24)20(16-7-3-2-4-8-16)26-17-11-13-25-14-12-17/h2-10,15,17,20-21H,11-14H2,1H3. The maximum absolute atomic E-state index is 11.3. The van der Waals surface area contributed by atoms with Crippen LogP contribution >= 0.6 is 0 Å². The van der Waals surface area contributed by atoms with Crippen LogP contribution in [0.1, 0.15) is 31.4 Å². The number of nitro groups is 1. The number of anilines is 1. The van der Waals surface area contributed by atoms with Gasteiger partial charge in [0.15, 0.2) is 0 Å². The Labute approximate surface area is 153 Å². The van der Waals surface area contributed by atoms with E-state index in [2.05, 4.69) is 5.32 Å². The lowest BCUT2D eigenvalue weighted by atomic mass is 10.0. The molecule has 1 aliphatic rings. The number of rotatable bonds is 7. The summed E-state index contributed by atoms with van der Waals surface area (Å²) >= 11 is 0. The van der Waals surface area contributed by atoms with Gasteiger partial charge in [0.2, 0.25) is 0 Å². The van der Waals surface area contributed by atoms with Crippen molar-refractivity contribution >= 4 is 11.4 Å². The minimum Gasteiger partial charge on any atom is -0.381 e. The van der Waals surface area contributed by atoms with E-state index in [9.17, 15) is 10.1 Å². The van der Waals surface area contributed by atoms with Gasteiger partial charge in [0.25, 0.3) is 5.69 Å². The van der Waals surface area contributed by atoms with E-state index in [1.54, 1.807) is 18.2 Å². The maximum Gasteiger partial charge on any atom is 0.292 e. The van der Waals surface area contributed by atoms with Crippen LogP contribution in [0, 0.1) is 10.1 Å². The van der Waals surface area contributed by atoms with Crippen LogP contribution < -0.4 is 5.32 Å². The lowest BCUT2D eigenvalue weighted by molar-refractivity contribution is -0.384. The van der Waals surface area contributed by atoms with Crippen LogP contribution in [0.3, 0.4) is 0 Å². The van der Waals surface area contributed by atoms with Gasteiger partial charge >= 0.3 is 0 Å². The van der Waals surface area contributed by atoms with Gasteiger partial charge in [-0.25, -0.2) is 0 Å². The summed E-state index contributed by atoms with van der Waals surface area (Å²) in [4.78, 5) is 10.9. The van der Waals surface area contributed by atoms with Gasteiger partial charge in [-0.05, 0) is 31.4 Å². The Morgan fingerprint density at radius 1 is 1.12 bits per heavy atom. The van der Waals surface area contributed by atoms with Gasteiger partial charge in [0.1, 0.15) is 11.8 Å². The van der Waals surface area contributed by atoms with E-state index in [4.69, 9.17) is 9.47 Å². The normalized spacial score (nSPS) is 17.4. The van der Waals surface area contributed by atoms with Crippen molar-refractivity contribution in [2.45, 2.75) is 38.0 Å². The Bertz CT molecular complexity index is 717. The van der Waals surface area contributed by atoms with Crippen molar-refractivity contribution in [3.8, 4) is 0 Å². The molecule has 138 valence electrons. The van der Waals surface area contributed by atoms with Gasteiger partial charge in [-0.2, -0.15) is 0 Å². The second-order valence-electron chi connectivity index (χ2n) is 6.49. The fourth-order valence-corrected chi connectivity index (χ4v) is 3.22. The van der Waals surface area contributed by atoms with Crippen molar-refractivity contribution in [1.82, 2.24) is 0 Å². The number of hydrogen-bond acceptors (Lipinski definition) is 5. The third kappa shape index (κ3) is 4.59. The molecule has 6 nitrogen and oxygen atoms in total. The third-order valence-electron chi connectivity index (χ3n) is 4.57. The van der Waals surface area contributed by atoms with Gasteiger partial charge in [-0.3, -0.25) is 10.1 Å². The van der Waals surface area contributed by atoms with E-state index in [1.165, 1.54) is 6.07 Å². The molecule has 1 heterocycles. The Balaban J connectivity index is 1.80. The molecule has 0 amide bonds. The van der Waals surface area contributed by atoms with Gasteiger partial charge in [0.05, 0.1) is 17.1 Å². The number of nitrogens with one attached hydrogen (secondary N) is 1. The molecule has 26 heavy (non-hydrogen) atoms. The van der Waals surface area contributed by atoms with Crippen LogP contribution in [0.15, 0.2) is 54.6 Å². The molecule has 1 aliphatic heterocycles. The monoisotopic (exact) mass is 356 g/mol. The average Bonchev–Trinajstić information content (AvgIpc) is 2.68. The molecule has 2 aromatic carbocycles. The van der Waals surface area contributed by atoms with Gasteiger partial charge < -0.3 is 14.8 Å². The highest BCUT2D eigenvalue weighted by Gasteiger charge is 2.27. The third-order valence-corrected chi connectivity index (χ3v) is 4.57. The van der Waals surface area contributed by atoms with Crippen LogP contribution in [0.25, 0.3) is 0 Å². The molecule has 2 atom stereocenters. The first kappa shape index (κ1) is 18.4. The summed E-state index contributed by atoms with van der Waals surface area (Å²) in [7, 11) is 0. The topological polar surface area (TPSA) is 73.6 Å². The molecule has 0 bridgehead atoms. The smallest absolute Gasteiger partial charge is 0.292 e. The Hall–Kier alpha value is -2.44. The van der Waals surface area contributed by atoms with Gasteiger partial charge in [0, 0.05) is 19.3 Å². The maximum atomic E-state index is 11.3. The summed E-state index contributed by atoms with van der Waals surface area (Å²) in [5.41, 5.74) is 1.62. The Morgan fingerprint density at radius 3 is 2.46 bits per heavy atom. The lowest BCUT2D eigenvalue weighted by Crippen LogP contribution is -2.32. The SMILES string of the molecule is CC(Nc1ccccc1[N+](=O)[O-])C(OC1CCOCC1)c1ccccc1. The fraction of sp³-hybridized carbons (Fsp3) is 0.400. The number of nitrogens with zero attached hydrogens (tertiary/aromatic N) is 1. The summed E-state index contributed by atoms with van der Waals surface area (Å²) in [6.45, 7) is 3.41. The zero-order valence-corrected chi connectivity index (χ0v) is 14.8. The second kappa shape index (κ2) is 8.78. The highest BCUT2D eigenvalue weighted by molar-refractivity contribution is 5.61. The molecule has 1 fully saturated rings. The van der Waals surface area contributed by atoms with Crippen molar-refractivity contribution in [3.63, 3.8) is 0 Å².